The van der Waals surface area contributed by atoms with Crippen LogP contribution >= 0.6 is 0 Å². The lowest BCUT2D eigenvalue weighted by atomic mass is 9.79. The quantitative estimate of drug-likeness (QED) is 0.615. The van der Waals surface area contributed by atoms with Crippen LogP contribution in [0, 0.1) is 0 Å². The van der Waals surface area contributed by atoms with Crippen LogP contribution in [0.5, 0.6) is 5.75 Å². The van der Waals surface area contributed by atoms with Crippen LogP contribution in [0.2, 0.25) is 0 Å². The number of nitrogens with zero attached hydrogens (tertiary/aromatic N) is 1. The SMILES string of the molecule is C=NC[C@]1(F)C[C@@H](Oc2ccc(S(C)(=O)=O)c3c2[C@@H](F)C(F)(F)[C@H]3O)C1. The maximum Gasteiger partial charge on any atom is 0.312 e. The van der Waals surface area contributed by atoms with Crippen LogP contribution in [0.3, 0.4) is 0 Å². The van der Waals surface area contributed by atoms with E-state index in [0.29, 0.717) is 0 Å². The van der Waals surface area contributed by atoms with E-state index in [2.05, 4.69) is 11.7 Å². The molecule has 0 radical (unpaired) electrons. The van der Waals surface area contributed by atoms with E-state index in [9.17, 15) is 31.1 Å². The molecule has 2 atom stereocenters. The van der Waals surface area contributed by atoms with Gasteiger partial charge in [-0.05, 0) is 18.9 Å². The fourth-order valence-corrected chi connectivity index (χ4v) is 4.37. The molecule has 0 heterocycles. The van der Waals surface area contributed by atoms with E-state index in [1.807, 2.05) is 0 Å². The predicted octanol–water partition coefficient (Wildman–Crippen LogP) is 2.73. The lowest BCUT2D eigenvalue weighted by molar-refractivity contribution is -0.144. The Kier molecular flexibility index (Phi) is 4.34. The molecule has 0 spiro atoms. The summed E-state index contributed by atoms with van der Waals surface area (Å²) in [5, 5.41) is 9.82. The largest absolute Gasteiger partial charge is 0.490 e. The minimum Gasteiger partial charge on any atom is -0.490 e. The molecule has 0 aromatic heterocycles. The zero-order chi connectivity index (χ0) is 19.5. The van der Waals surface area contributed by atoms with Crippen molar-refractivity contribution in [2.24, 2.45) is 4.99 Å². The summed E-state index contributed by atoms with van der Waals surface area (Å²) in [6.45, 7) is 3.06. The molecule has 0 aliphatic heterocycles. The lowest BCUT2D eigenvalue weighted by Gasteiger charge is -2.40. The van der Waals surface area contributed by atoms with Crippen molar-refractivity contribution in [3.8, 4) is 5.75 Å². The first-order valence-electron chi connectivity index (χ1n) is 7.75. The number of aliphatic hydroxyl groups is 1. The molecule has 1 N–H and O–H groups in total. The average molecular weight is 395 g/mol. The number of aliphatic imine (C=N–C) groups is 1. The number of hydrogen-bond donors (Lipinski definition) is 1. The second kappa shape index (κ2) is 5.91. The predicted molar refractivity (Wildman–Crippen MR) is 85.2 cm³/mol. The zero-order valence-electron chi connectivity index (χ0n) is 13.8. The van der Waals surface area contributed by atoms with Crippen LogP contribution in [0.25, 0.3) is 0 Å². The number of hydrogen-bond acceptors (Lipinski definition) is 5. The second-order valence-electron chi connectivity index (χ2n) is 6.78. The van der Waals surface area contributed by atoms with Crippen LogP contribution in [0.15, 0.2) is 22.0 Å². The molecule has 0 amide bonds. The van der Waals surface area contributed by atoms with Crippen molar-refractivity contribution in [1.82, 2.24) is 0 Å². The van der Waals surface area contributed by atoms with Crippen LogP contribution in [-0.4, -0.2) is 50.7 Å². The summed E-state index contributed by atoms with van der Waals surface area (Å²) in [6.07, 6.45) is -5.64. The zero-order valence-corrected chi connectivity index (χ0v) is 14.6. The lowest BCUT2D eigenvalue weighted by Crippen LogP contribution is -2.48. The highest BCUT2D eigenvalue weighted by atomic mass is 32.2. The highest BCUT2D eigenvalue weighted by Gasteiger charge is 2.59. The summed E-state index contributed by atoms with van der Waals surface area (Å²) in [5.74, 6) is -4.52. The van der Waals surface area contributed by atoms with E-state index in [-0.39, 0.29) is 25.1 Å². The Labute approximate surface area is 147 Å². The Morgan fingerprint density at radius 1 is 1.31 bits per heavy atom. The van der Waals surface area contributed by atoms with Crippen LogP contribution in [0.1, 0.15) is 36.2 Å². The number of fused-ring (bicyclic) bond motifs is 1. The summed E-state index contributed by atoms with van der Waals surface area (Å²) in [5.41, 5.74) is -3.02. The van der Waals surface area contributed by atoms with Gasteiger partial charge in [0.2, 0.25) is 0 Å². The molecule has 0 saturated heterocycles. The van der Waals surface area contributed by atoms with Gasteiger partial charge in [-0.3, -0.25) is 4.99 Å². The van der Waals surface area contributed by atoms with Crippen LogP contribution in [-0.2, 0) is 9.84 Å². The van der Waals surface area contributed by atoms with Gasteiger partial charge < -0.3 is 9.84 Å². The maximum atomic E-state index is 14.3. The fourth-order valence-electron chi connectivity index (χ4n) is 3.44. The van der Waals surface area contributed by atoms with Crippen molar-refractivity contribution >= 4 is 16.6 Å². The molecule has 0 unspecified atom stereocenters. The molecule has 1 aromatic rings. The number of halogens is 4. The van der Waals surface area contributed by atoms with Gasteiger partial charge in [0.25, 0.3) is 0 Å². The number of alkyl halides is 4. The molecule has 1 aromatic carbocycles. The second-order valence-corrected chi connectivity index (χ2v) is 8.77. The molecule has 2 aliphatic carbocycles. The fraction of sp³-hybridized carbons (Fsp3) is 0.562. The van der Waals surface area contributed by atoms with Crippen molar-refractivity contribution in [2.75, 3.05) is 12.8 Å². The molecule has 1 saturated carbocycles. The van der Waals surface area contributed by atoms with Gasteiger partial charge in [-0.15, -0.1) is 0 Å². The van der Waals surface area contributed by atoms with Gasteiger partial charge in [0.05, 0.1) is 11.4 Å². The maximum absolute atomic E-state index is 14.3. The highest BCUT2D eigenvalue weighted by Crippen LogP contribution is 2.57. The summed E-state index contributed by atoms with van der Waals surface area (Å²) in [7, 11) is -3.99. The molecule has 144 valence electrons. The van der Waals surface area contributed by atoms with Crippen molar-refractivity contribution < 1.29 is 35.8 Å². The van der Waals surface area contributed by atoms with Gasteiger partial charge in [-0.1, -0.05) is 0 Å². The van der Waals surface area contributed by atoms with Crippen LogP contribution in [0.4, 0.5) is 17.6 Å². The number of aliphatic hydroxyl groups excluding tert-OH is 1. The molecule has 2 aliphatic rings. The van der Waals surface area contributed by atoms with E-state index in [4.69, 9.17) is 4.74 Å². The minimum atomic E-state index is -4.20. The van der Waals surface area contributed by atoms with Gasteiger partial charge in [0.1, 0.15) is 23.6 Å². The van der Waals surface area contributed by atoms with Gasteiger partial charge in [0, 0.05) is 30.2 Å². The summed E-state index contributed by atoms with van der Waals surface area (Å²) < 4.78 is 85.5. The molecule has 1 fully saturated rings. The third-order valence-corrected chi connectivity index (χ3v) is 5.87. The topological polar surface area (TPSA) is 76.0 Å². The first kappa shape index (κ1) is 19.1. The Bertz CT molecular complexity index is 852. The third kappa shape index (κ3) is 2.88. The molecule has 3 rings (SSSR count). The monoisotopic (exact) mass is 395 g/mol. The number of benzene rings is 1. The Morgan fingerprint density at radius 3 is 2.46 bits per heavy atom. The van der Waals surface area contributed by atoms with Crippen LogP contribution < -0.4 is 4.74 Å². The standard InChI is InChI=1S/C16H17F4NO4S/c1-21-7-15(18)5-8(6-15)25-9-3-4-10(26(2,23)24)12-11(9)13(17)16(19,20)14(12)22/h3-4,8,13-14,22H,1,5-7H2,2H3/t8-,13-,14+,15+/m1/s1. The normalized spacial score (nSPS) is 32.6. The molecular weight excluding hydrogens is 378 g/mol. The number of rotatable bonds is 5. The van der Waals surface area contributed by atoms with Crippen molar-refractivity contribution in [2.45, 2.75) is 47.7 Å². The van der Waals surface area contributed by atoms with E-state index in [1.54, 1.807) is 0 Å². The minimum absolute atomic E-state index is 0.0788. The number of sulfone groups is 1. The van der Waals surface area contributed by atoms with Gasteiger partial charge in [-0.2, -0.15) is 8.78 Å². The van der Waals surface area contributed by atoms with Gasteiger partial charge in [0.15, 0.2) is 16.0 Å². The molecular formula is C16H17F4NO4S. The molecule has 5 nitrogen and oxygen atoms in total. The Morgan fingerprint density at radius 2 is 1.92 bits per heavy atom. The first-order chi connectivity index (χ1) is 11.9. The van der Waals surface area contributed by atoms with Crippen molar-refractivity contribution in [3.05, 3.63) is 23.3 Å². The first-order valence-corrected chi connectivity index (χ1v) is 9.65. The smallest absolute Gasteiger partial charge is 0.312 e. The molecule has 10 heteroatoms. The van der Waals surface area contributed by atoms with Crippen molar-refractivity contribution in [1.29, 1.82) is 0 Å². The van der Waals surface area contributed by atoms with E-state index in [1.165, 1.54) is 0 Å². The van der Waals surface area contributed by atoms with E-state index in [0.717, 1.165) is 18.4 Å². The van der Waals surface area contributed by atoms with Crippen molar-refractivity contribution in [3.63, 3.8) is 0 Å². The third-order valence-electron chi connectivity index (χ3n) is 4.71. The highest BCUT2D eigenvalue weighted by molar-refractivity contribution is 7.90. The Balaban J connectivity index is 1.99. The summed E-state index contributed by atoms with van der Waals surface area (Å²) in [4.78, 5) is 2.88. The van der Waals surface area contributed by atoms with E-state index < -0.39 is 55.8 Å². The Hall–Kier alpha value is -1.68. The molecule has 0 bridgehead atoms. The number of ether oxygens (including phenoxy) is 1. The summed E-state index contributed by atoms with van der Waals surface area (Å²) >= 11 is 0. The van der Waals surface area contributed by atoms with E-state index >= 15 is 0 Å². The average Bonchev–Trinajstić information content (AvgIpc) is 2.67. The van der Waals surface area contributed by atoms with Gasteiger partial charge >= 0.3 is 5.92 Å². The summed E-state index contributed by atoms with van der Waals surface area (Å²) in [6, 6.07) is 2.04. The molecule has 26 heavy (non-hydrogen) atoms. The van der Waals surface area contributed by atoms with Gasteiger partial charge in [-0.25, -0.2) is 17.2 Å².